The number of aromatic nitrogens is 1. The third-order valence-corrected chi connectivity index (χ3v) is 4.16. The molecular weight excluding hydrogens is 330 g/mol. The fraction of sp³-hybridized carbons (Fsp3) is 0.333. The summed E-state index contributed by atoms with van der Waals surface area (Å²) in [6.07, 6.45) is -0.737. The normalized spacial score (nSPS) is 14.6. The van der Waals surface area contributed by atoms with E-state index in [0.717, 1.165) is 18.8 Å². The van der Waals surface area contributed by atoms with Gasteiger partial charge >= 0.3 is 0 Å². The molecule has 0 amide bonds. The van der Waals surface area contributed by atoms with E-state index < -0.39 is 6.43 Å². The van der Waals surface area contributed by atoms with Crippen molar-refractivity contribution in [1.29, 1.82) is 0 Å². The molecule has 0 saturated carbocycles. The van der Waals surface area contributed by atoms with E-state index in [1.54, 1.807) is 6.07 Å². The van der Waals surface area contributed by atoms with E-state index in [9.17, 15) is 13.6 Å². The molecule has 0 aliphatic carbocycles. The second kappa shape index (κ2) is 7.57. The monoisotopic (exact) mass is 348 g/mol. The smallest absolute Gasteiger partial charge is 0.280 e. The number of nitrogens with zero attached hydrogens (tertiary/aromatic N) is 2. The summed E-state index contributed by atoms with van der Waals surface area (Å²) in [4.78, 5) is 17.3. The molecule has 132 valence electrons. The van der Waals surface area contributed by atoms with Gasteiger partial charge in [0.05, 0.1) is 26.5 Å². The standard InChI is InChI=1S/C18H18F2N2O3/c1-24-17-10-21-16(18(19)20)9-15(17)14-8-13(3-2-12(14)11-23)22-4-6-25-7-5-22/h2-3,8-11,18H,4-7H2,1H3. The predicted octanol–water partition coefficient (Wildman–Crippen LogP) is 3.34. The fourth-order valence-electron chi connectivity index (χ4n) is 2.85. The summed E-state index contributed by atoms with van der Waals surface area (Å²) in [5, 5.41) is 0. The van der Waals surface area contributed by atoms with Crippen molar-refractivity contribution in [2.75, 3.05) is 38.3 Å². The van der Waals surface area contributed by atoms with Crippen LogP contribution < -0.4 is 9.64 Å². The Morgan fingerprint density at radius 2 is 2.00 bits per heavy atom. The fourth-order valence-corrected chi connectivity index (χ4v) is 2.85. The van der Waals surface area contributed by atoms with Gasteiger partial charge < -0.3 is 14.4 Å². The van der Waals surface area contributed by atoms with Crippen LogP contribution in [0.3, 0.4) is 0 Å². The van der Waals surface area contributed by atoms with Crippen LogP contribution in [0.1, 0.15) is 22.5 Å². The molecule has 0 atom stereocenters. The number of methoxy groups -OCH3 is 1. The number of halogens is 2. The lowest BCUT2D eigenvalue weighted by Gasteiger charge is -2.29. The minimum Gasteiger partial charge on any atom is -0.494 e. The Kier molecular flexibility index (Phi) is 5.23. The second-order valence-corrected chi connectivity index (χ2v) is 5.60. The number of pyridine rings is 1. The molecule has 1 fully saturated rings. The van der Waals surface area contributed by atoms with E-state index in [1.165, 1.54) is 19.4 Å². The molecule has 5 nitrogen and oxygen atoms in total. The van der Waals surface area contributed by atoms with E-state index in [4.69, 9.17) is 9.47 Å². The molecule has 3 rings (SSSR count). The third-order valence-electron chi connectivity index (χ3n) is 4.16. The number of rotatable bonds is 5. The first-order valence-electron chi connectivity index (χ1n) is 7.88. The van der Waals surface area contributed by atoms with Gasteiger partial charge in [-0.25, -0.2) is 8.78 Å². The van der Waals surface area contributed by atoms with Crippen LogP contribution in [0, 0.1) is 0 Å². The number of ether oxygens (including phenoxy) is 2. The van der Waals surface area contributed by atoms with Crippen molar-refractivity contribution >= 4 is 12.0 Å². The van der Waals surface area contributed by atoms with Crippen LogP contribution in [-0.2, 0) is 4.74 Å². The van der Waals surface area contributed by atoms with Crippen LogP contribution in [0.4, 0.5) is 14.5 Å². The van der Waals surface area contributed by atoms with Crippen LogP contribution in [0.5, 0.6) is 5.75 Å². The molecule has 1 saturated heterocycles. The molecule has 2 heterocycles. The minimum atomic E-state index is -2.70. The molecule has 0 unspecified atom stereocenters. The van der Waals surface area contributed by atoms with Gasteiger partial charge in [0, 0.05) is 29.9 Å². The number of benzene rings is 1. The van der Waals surface area contributed by atoms with Crippen LogP contribution in [-0.4, -0.2) is 44.7 Å². The Hall–Kier alpha value is -2.54. The Labute approximate surface area is 144 Å². The average Bonchev–Trinajstić information content (AvgIpc) is 2.67. The molecule has 2 aromatic rings. The van der Waals surface area contributed by atoms with Gasteiger partial charge in [-0.2, -0.15) is 0 Å². The summed E-state index contributed by atoms with van der Waals surface area (Å²) >= 11 is 0. The Balaban J connectivity index is 2.11. The van der Waals surface area contributed by atoms with Crippen LogP contribution in [0.15, 0.2) is 30.5 Å². The summed E-state index contributed by atoms with van der Waals surface area (Å²) < 4.78 is 36.7. The summed E-state index contributed by atoms with van der Waals surface area (Å²) in [6.45, 7) is 2.71. The van der Waals surface area contributed by atoms with Crippen LogP contribution >= 0.6 is 0 Å². The number of carbonyl (C=O) groups excluding carboxylic acids is 1. The number of alkyl halides is 2. The zero-order valence-electron chi connectivity index (χ0n) is 13.7. The molecule has 0 N–H and O–H groups in total. The van der Waals surface area contributed by atoms with Crippen LogP contribution in [0.2, 0.25) is 0 Å². The molecule has 0 spiro atoms. The highest BCUT2D eigenvalue weighted by atomic mass is 19.3. The topological polar surface area (TPSA) is 51.7 Å². The largest absolute Gasteiger partial charge is 0.494 e. The number of morpholine rings is 1. The minimum absolute atomic E-state index is 0.339. The zero-order valence-corrected chi connectivity index (χ0v) is 13.7. The average molecular weight is 348 g/mol. The number of aldehydes is 1. The van der Waals surface area contributed by atoms with Gasteiger partial charge in [-0.05, 0) is 29.8 Å². The molecular formula is C18H18F2N2O3. The van der Waals surface area contributed by atoms with Crippen molar-refractivity contribution < 1.29 is 23.0 Å². The first-order chi connectivity index (χ1) is 12.1. The molecule has 1 aliphatic heterocycles. The summed E-state index contributed by atoms with van der Waals surface area (Å²) in [6, 6.07) is 6.63. The lowest BCUT2D eigenvalue weighted by molar-refractivity contribution is 0.112. The number of hydrogen-bond acceptors (Lipinski definition) is 5. The zero-order chi connectivity index (χ0) is 17.8. The maximum Gasteiger partial charge on any atom is 0.280 e. The molecule has 7 heteroatoms. The molecule has 1 aliphatic rings. The maximum atomic E-state index is 13.1. The van der Waals surface area contributed by atoms with E-state index in [0.29, 0.717) is 41.9 Å². The first-order valence-corrected chi connectivity index (χ1v) is 7.88. The van der Waals surface area contributed by atoms with Gasteiger partial charge in [-0.15, -0.1) is 0 Å². The molecule has 1 aromatic heterocycles. The summed E-state index contributed by atoms with van der Waals surface area (Å²) in [7, 11) is 1.44. The van der Waals surface area contributed by atoms with Crippen molar-refractivity contribution in [3.05, 3.63) is 41.7 Å². The SMILES string of the molecule is COc1cnc(C(F)F)cc1-c1cc(N2CCOCC2)ccc1C=O. The Morgan fingerprint density at radius 3 is 2.64 bits per heavy atom. The summed E-state index contributed by atoms with van der Waals surface area (Å²) in [5.41, 5.74) is 1.91. The molecule has 0 radical (unpaired) electrons. The van der Waals surface area contributed by atoms with E-state index >= 15 is 0 Å². The van der Waals surface area contributed by atoms with Crippen LogP contribution in [0.25, 0.3) is 11.1 Å². The molecule has 1 aromatic carbocycles. The highest BCUT2D eigenvalue weighted by Gasteiger charge is 2.18. The van der Waals surface area contributed by atoms with Crippen molar-refractivity contribution in [2.45, 2.75) is 6.43 Å². The number of anilines is 1. The lowest BCUT2D eigenvalue weighted by Crippen LogP contribution is -2.36. The highest BCUT2D eigenvalue weighted by Crippen LogP contribution is 2.36. The van der Waals surface area contributed by atoms with Crippen molar-refractivity contribution in [3.8, 4) is 16.9 Å². The Morgan fingerprint density at radius 1 is 1.24 bits per heavy atom. The van der Waals surface area contributed by atoms with Gasteiger partial charge in [0.25, 0.3) is 6.43 Å². The van der Waals surface area contributed by atoms with E-state index in [-0.39, 0.29) is 5.69 Å². The molecule has 0 bridgehead atoms. The Bertz CT molecular complexity index is 762. The van der Waals surface area contributed by atoms with Gasteiger partial charge in [0.15, 0.2) is 6.29 Å². The van der Waals surface area contributed by atoms with Gasteiger partial charge in [-0.1, -0.05) is 0 Å². The second-order valence-electron chi connectivity index (χ2n) is 5.60. The van der Waals surface area contributed by atoms with Crippen molar-refractivity contribution in [1.82, 2.24) is 4.98 Å². The van der Waals surface area contributed by atoms with E-state index in [1.807, 2.05) is 12.1 Å². The van der Waals surface area contributed by atoms with Gasteiger partial charge in [0.2, 0.25) is 0 Å². The van der Waals surface area contributed by atoms with Crippen molar-refractivity contribution in [2.24, 2.45) is 0 Å². The van der Waals surface area contributed by atoms with E-state index in [2.05, 4.69) is 9.88 Å². The predicted molar refractivity (Wildman–Crippen MR) is 89.6 cm³/mol. The maximum absolute atomic E-state index is 13.1. The number of carbonyl (C=O) groups is 1. The van der Waals surface area contributed by atoms with Crippen molar-refractivity contribution in [3.63, 3.8) is 0 Å². The third kappa shape index (κ3) is 3.61. The first kappa shape index (κ1) is 17.3. The summed E-state index contributed by atoms with van der Waals surface area (Å²) in [5.74, 6) is 0.339. The highest BCUT2D eigenvalue weighted by molar-refractivity contribution is 5.91. The number of hydrogen-bond donors (Lipinski definition) is 0. The quantitative estimate of drug-likeness (QED) is 0.776. The van der Waals surface area contributed by atoms with Gasteiger partial charge in [0.1, 0.15) is 11.4 Å². The van der Waals surface area contributed by atoms with Gasteiger partial charge in [-0.3, -0.25) is 9.78 Å². The lowest BCUT2D eigenvalue weighted by atomic mass is 9.98. The molecule has 25 heavy (non-hydrogen) atoms.